The third kappa shape index (κ3) is 5.26. The number of hydrogen-bond donors (Lipinski definition) is 0. The molecule has 0 bridgehead atoms. The topological polar surface area (TPSA) is 35.5 Å². The molecule has 0 aliphatic carbocycles. The SMILES string of the molecule is C=C[C@H](CC(C)C(C)=O)OCc1ccc(OC)cc1. The normalized spacial score (nSPS) is 13.6. The van der Waals surface area contributed by atoms with Gasteiger partial charge in [0.2, 0.25) is 0 Å². The zero-order chi connectivity index (χ0) is 14.3. The molecular weight excluding hydrogens is 240 g/mol. The zero-order valence-corrected chi connectivity index (χ0v) is 11.9. The Morgan fingerprint density at radius 1 is 1.37 bits per heavy atom. The van der Waals surface area contributed by atoms with Gasteiger partial charge in [0.05, 0.1) is 19.8 Å². The van der Waals surface area contributed by atoms with Gasteiger partial charge in [-0.25, -0.2) is 0 Å². The van der Waals surface area contributed by atoms with E-state index in [2.05, 4.69) is 6.58 Å². The zero-order valence-electron chi connectivity index (χ0n) is 11.9. The third-order valence-corrected chi connectivity index (χ3v) is 3.17. The molecule has 19 heavy (non-hydrogen) atoms. The van der Waals surface area contributed by atoms with Gasteiger partial charge in [0.25, 0.3) is 0 Å². The van der Waals surface area contributed by atoms with Gasteiger partial charge in [-0.05, 0) is 31.0 Å². The summed E-state index contributed by atoms with van der Waals surface area (Å²) >= 11 is 0. The van der Waals surface area contributed by atoms with E-state index in [-0.39, 0.29) is 17.8 Å². The lowest BCUT2D eigenvalue weighted by atomic mass is 10.00. The number of carbonyl (C=O) groups is 1. The van der Waals surface area contributed by atoms with Gasteiger partial charge in [-0.15, -0.1) is 6.58 Å². The average molecular weight is 262 g/mol. The second kappa shape index (κ2) is 7.74. The van der Waals surface area contributed by atoms with Gasteiger partial charge in [-0.1, -0.05) is 25.1 Å². The van der Waals surface area contributed by atoms with Gasteiger partial charge < -0.3 is 9.47 Å². The van der Waals surface area contributed by atoms with E-state index >= 15 is 0 Å². The Labute approximate surface area is 115 Å². The van der Waals surface area contributed by atoms with Crippen LogP contribution in [-0.2, 0) is 16.1 Å². The first-order valence-electron chi connectivity index (χ1n) is 6.44. The van der Waals surface area contributed by atoms with Crippen molar-refractivity contribution >= 4 is 5.78 Å². The molecule has 1 unspecified atom stereocenters. The molecule has 1 rings (SSSR count). The maximum absolute atomic E-state index is 11.2. The molecule has 0 heterocycles. The van der Waals surface area contributed by atoms with Crippen molar-refractivity contribution in [3.8, 4) is 5.75 Å². The fourth-order valence-electron chi connectivity index (χ4n) is 1.67. The Kier molecular flexibility index (Phi) is 6.30. The van der Waals surface area contributed by atoms with Gasteiger partial charge in [0.15, 0.2) is 0 Å². The van der Waals surface area contributed by atoms with Crippen LogP contribution in [0.25, 0.3) is 0 Å². The Morgan fingerprint density at radius 2 is 2.00 bits per heavy atom. The van der Waals surface area contributed by atoms with Crippen LogP contribution in [0.15, 0.2) is 36.9 Å². The minimum atomic E-state index is -0.0963. The molecular formula is C16H22O3. The molecule has 0 fully saturated rings. The lowest BCUT2D eigenvalue weighted by Gasteiger charge is -2.17. The maximum Gasteiger partial charge on any atom is 0.132 e. The van der Waals surface area contributed by atoms with Crippen LogP contribution < -0.4 is 4.74 Å². The lowest BCUT2D eigenvalue weighted by molar-refractivity contribution is -0.121. The lowest BCUT2D eigenvalue weighted by Crippen LogP contribution is -2.18. The fraction of sp³-hybridized carbons (Fsp3) is 0.438. The van der Waals surface area contributed by atoms with Crippen LogP contribution in [0.2, 0.25) is 0 Å². The van der Waals surface area contributed by atoms with E-state index in [1.807, 2.05) is 31.2 Å². The van der Waals surface area contributed by atoms with Crippen LogP contribution in [0.4, 0.5) is 0 Å². The second-order valence-corrected chi connectivity index (χ2v) is 4.68. The Morgan fingerprint density at radius 3 is 2.47 bits per heavy atom. The van der Waals surface area contributed by atoms with Crippen molar-refractivity contribution in [3.05, 3.63) is 42.5 Å². The van der Waals surface area contributed by atoms with E-state index in [0.717, 1.165) is 11.3 Å². The van der Waals surface area contributed by atoms with E-state index in [4.69, 9.17) is 9.47 Å². The van der Waals surface area contributed by atoms with Crippen LogP contribution in [0.3, 0.4) is 0 Å². The molecule has 1 aromatic carbocycles. The largest absolute Gasteiger partial charge is 0.497 e. The molecule has 0 spiro atoms. The Balaban J connectivity index is 2.48. The molecule has 0 N–H and O–H groups in total. The smallest absolute Gasteiger partial charge is 0.132 e. The molecule has 2 atom stereocenters. The highest BCUT2D eigenvalue weighted by atomic mass is 16.5. The molecule has 0 aliphatic rings. The van der Waals surface area contributed by atoms with Crippen molar-refractivity contribution in [2.24, 2.45) is 5.92 Å². The molecule has 0 amide bonds. The summed E-state index contributed by atoms with van der Waals surface area (Å²) in [5, 5.41) is 0. The van der Waals surface area contributed by atoms with Crippen LogP contribution in [0.5, 0.6) is 5.75 Å². The third-order valence-electron chi connectivity index (χ3n) is 3.17. The predicted octanol–water partition coefficient (Wildman–Crippen LogP) is 3.38. The maximum atomic E-state index is 11.2. The first kappa shape index (κ1) is 15.4. The number of methoxy groups -OCH3 is 1. The van der Waals surface area contributed by atoms with E-state index in [9.17, 15) is 4.79 Å². The summed E-state index contributed by atoms with van der Waals surface area (Å²) in [6, 6.07) is 7.74. The molecule has 0 aromatic heterocycles. The first-order chi connectivity index (χ1) is 9.06. The van der Waals surface area contributed by atoms with Gasteiger partial charge in [-0.3, -0.25) is 4.79 Å². The van der Waals surface area contributed by atoms with Crippen LogP contribution in [0, 0.1) is 5.92 Å². The number of ketones is 1. The van der Waals surface area contributed by atoms with Crippen molar-refractivity contribution in [1.29, 1.82) is 0 Å². The minimum Gasteiger partial charge on any atom is -0.497 e. The van der Waals surface area contributed by atoms with Crippen molar-refractivity contribution in [2.75, 3.05) is 7.11 Å². The van der Waals surface area contributed by atoms with Gasteiger partial charge in [-0.2, -0.15) is 0 Å². The van der Waals surface area contributed by atoms with E-state index in [1.165, 1.54) is 0 Å². The standard InChI is InChI=1S/C16H22O3/c1-5-15(10-12(2)13(3)17)19-11-14-6-8-16(18-4)9-7-14/h5-9,12,15H,1,10-11H2,2-4H3/t12?,15-/m1/s1. The number of benzene rings is 1. The van der Waals surface area contributed by atoms with E-state index in [0.29, 0.717) is 13.0 Å². The monoisotopic (exact) mass is 262 g/mol. The highest BCUT2D eigenvalue weighted by molar-refractivity contribution is 5.77. The van der Waals surface area contributed by atoms with Crippen LogP contribution in [0.1, 0.15) is 25.8 Å². The fourth-order valence-corrected chi connectivity index (χ4v) is 1.67. The summed E-state index contributed by atoms with van der Waals surface area (Å²) in [5.41, 5.74) is 1.07. The molecule has 0 saturated heterocycles. The molecule has 0 aliphatic heterocycles. The van der Waals surface area contributed by atoms with E-state index < -0.39 is 0 Å². The highest BCUT2D eigenvalue weighted by Crippen LogP contribution is 2.15. The summed E-state index contributed by atoms with van der Waals surface area (Å²) in [5.74, 6) is 1.01. The summed E-state index contributed by atoms with van der Waals surface area (Å²) in [6.07, 6.45) is 2.33. The Bertz CT molecular complexity index is 409. The van der Waals surface area contributed by atoms with Gasteiger partial charge in [0.1, 0.15) is 11.5 Å². The molecule has 0 saturated carbocycles. The first-order valence-corrected chi connectivity index (χ1v) is 6.44. The van der Waals surface area contributed by atoms with E-state index in [1.54, 1.807) is 20.1 Å². The summed E-state index contributed by atoms with van der Waals surface area (Å²) in [4.78, 5) is 11.2. The number of Topliss-reactive ketones (excluding diaryl/α,β-unsaturated/α-hetero) is 1. The Hall–Kier alpha value is -1.61. The number of rotatable bonds is 8. The van der Waals surface area contributed by atoms with Crippen molar-refractivity contribution in [2.45, 2.75) is 33.0 Å². The summed E-state index contributed by atoms with van der Waals surface area (Å²) < 4.78 is 10.9. The minimum absolute atomic E-state index is 0.00105. The number of hydrogen-bond acceptors (Lipinski definition) is 3. The van der Waals surface area contributed by atoms with Gasteiger partial charge >= 0.3 is 0 Å². The van der Waals surface area contributed by atoms with Crippen molar-refractivity contribution < 1.29 is 14.3 Å². The molecule has 0 radical (unpaired) electrons. The number of carbonyl (C=O) groups excluding carboxylic acids is 1. The predicted molar refractivity (Wildman–Crippen MR) is 76.2 cm³/mol. The highest BCUT2D eigenvalue weighted by Gasteiger charge is 2.14. The van der Waals surface area contributed by atoms with Crippen molar-refractivity contribution in [3.63, 3.8) is 0 Å². The number of ether oxygens (including phenoxy) is 2. The van der Waals surface area contributed by atoms with Gasteiger partial charge in [0, 0.05) is 5.92 Å². The molecule has 3 nitrogen and oxygen atoms in total. The molecule has 104 valence electrons. The molecule has 3 heteroatoms. The second-order valence-electron chi connectivity index (χ2n) is 4.68. The molecule has 1 aromatic rings. The average Bonchev–Trinajstić information content (AvgIpc) is 2.43. The summed E-state index contributed by atoms with van der Waals surface area (Å²) in [6.45, 7) is 7.78. The van der Waals surface area contributed by atoms with Crippen LogP contribution >= 0.6 is 0 Å². The summed E-state index contributed by atoms with van der Waals surface area (Å²) in [7, 11) is 1.64. The van der Waals surface area contributed by atoms with Crippen molar-refractivity contribution in [1.82, 2.24) is 0 Å². The van der Waals surface area contributed by atoms with Crippen LogP contribution in [-0.4, -0.2) is 19.0 Å². The quantitative estimate of drug-likeness (QED) is 0.674.